The van der Waals surface area contributed by atoms with Crippen LogP contribution in [0.4, 0.5) is 27.7 Å². The molecule has 3 rings (SSSR count). The number of nitrogens with zero attached hydrogens (tertiary/aromatic N) is 5. The van der Waals surface area contributed by atoms with Crippen LogP contribution >= 0.6 is 12.4 Å². The maximum absolute atomic E-state index is 13.1. The highest BCUT2D eigenvalue weighted by Gasteiger charge is 2.19. The molecule has 26 heavy (non-hydrogen) atoms. The third-order valence-corrected chi connectivity index (χ3v) is 4.09. The van der Waals surface area contributed by atoms with E-state index in [1.807, 2.05) is 59.8 Å². The molecule has 0 amide bonds. The highest BCUT2D eigenvalue weighted by Crippen LogP contribution is 2.32. The number of rotatable bonds is 5. The molecule has 0 aliphatic carbocycles. The van der Waals surface area contributed by atoms with Crippen molar-refractivity contribution in [1.82, 2.24) is 14.8 Å². The second-order valence-electron chi connectivity index (χ2n) is 5.63. The fourth-order valence-electron chi connectivity index (χ4n) is 2.69. The molecule has 0 spiro atoms. The van der Waals surface area contributed by atoms with Gasteiger partial charge in [0.2, 0.25) is 11.9 Å². The third-order valence-electron chi connectivity index (χ3n) is 4.09. The van der Waals surface area contributed by atoms with Crippen molar-refractivity contribution >= 4 is 35.7 Å². The van der Waals surface area contributed by atoms with Crippen LogP contribution in [0.5, 0.6) is 5.75 Å². The molecule has 0 unspecified atom stereocenters. The summed E-state index contributed by atoms with van der Waals surface area (Å²) in [4.78, 5) is 3.76. The van der Waals surface area contributed by atoms with Crippen molar-refractivity contribution in [3.05, 3.63) is 54.3 Å². The van der Waals surface area contributed by atoms with Crippen molar-refractivity contribution in [2.24, 2.45) is 7.05 Å². The Morgan fingerprint density at radius 3 is 2.12 bits per heavy atom. The van der Waals surface area contributed by atoms with Gasteiger partial charge in [0.15, 0.2) is 0 Å². The van der Waals surface area contributed by atoms with Gasteiger partial charge in [-0.05, 0) is 36.4 Å². The summed E-state index contributed by atoms with van der Waals surface area (Å²) in [5.74, 6) is 1.78. The lowest BCUT2D eigenvalue weighted by Crippen LogP contribution is -2.18. The van der Waals surface area contributed by atoms with Crippen LogP contribution in [0.2, 0.25) is 0 Å². The zero-order valence-corrected chi connectivity index (χ0v) is 15.9. The average Bonchev–Trinajstić information content (AvgIpc) is 3.02. The molecule has 0 aliphatic heterocycles. The first-order valence-electron chi connectivity index (χ1n) is 7.78. The third kappa shape index (κ3) is 3.57. The number of hydrogen-bond donors (Lipinski definition) is 0. The van der Waals surface area contributed by atoms with Gasteiger partial charge in [0.25, 0.3) is 0 Å². The number of benzene rings is 2. The highest BCUT2D eigenvalue weighted by molar-refractivity contribution is 5.85. The molecule has 6 nitrogen and oxygen atoms in total. The highest BCUT2D eigenvalue weighted by atomic mass is 35.5. The number of para-hydroxylation sites is 2. The molecule has 138 valence electrons. The van der Waals surface area contributed by atoms with Crippen LogP contribution < -0.4 is 14.5 Å². The zero-order chi connectivity index (χ0) is 18.0. The standard InChI is InChI=1S/C18H20FN5O.ClH/c1-22(14-11-9-13(19)10-12-14)17-20-21-18(24(17)3)23(2)15-7-5-6-8-16(15)25-4;/h5-12H,1-4H3;1H. The normalized spacial score (nSPS) is 10.2. The van der Waals surface area contributed by atoms with Gasteiger partial charge in [0.05, 0.1) is 12.8 Å². The van der Waals surface area contributed by atoms with Crippen molar-refractivity contribution in [1.29, 1.82) is 0 Å². The van der Waals surface area contributed by atoms with Crippen LogP contribution in [-0.4, -0.2) is 36.0 Å². The molecule has 0 N–H and O–H groups in total. The molecule has 0 saturated carbocycles. The van der Waals surface area contributed by atoms with E-state index in [0.717, 1.165) is 17.1 Å². The van der Waals surface area contributed by atoms with E-state index in [1.165, 1.54) is 12.1 Å². The SMILES string of the molecule is COc1ccccc1N(C)c1nnc(N(C)c2ccc(F)cc2)n1C.Cl. The summed E-state index contributed by atoms with van der Waals surface area (Å²) < 4.78 is 20.4. The van der Waals surface area contributed by atoms with Gasteiger partial charge in [-0.2, -0.15) is 0 Å². The van der Waals surface area contributed by atoms with E-state index in [0.29, 0.717) is 11.9 Å². The summed E-state index contributed by atoms with van der Waals surface area (Å²) in [7, 11) is 7.29. The second-order valence-corrected chi connectivity index (χ2v) is 5.63. The predicted octanol–water partition coefficient (Wildman–Crippen LogP) is 3.92. The van der Waals surface area contributed by atoms with Crippen LogP contribution in [-0.2, 0) is 7.05 Å². The number of halogens is 2. The van der Waals surface area contributed by atoms with E-state index in [9.17, 15) is 4.39 Å². The Labute approximate surface area is 158 Å². The Balaban J connectivity index is 0.00000243. The minimum Gasteiger partial charge on any atom is -0.495 e. The van der Waals surface area contributed by atoms with Crippen molar-refractivity contribution < 1.29 is 9.13 Å². The van der Waals surface area contributed by atoms with E-state index in [4.69, 9.17) is 4.74 Å². The number of methoxy groups -OCH3 is 1. The van der Waals surface area contributed by atoms with E-state index in [2.05, 4.69) is 10.2 Å². The first-order valence-corrected chi connectivity index (χ1v) is 7.78. The van der Waals surface area contributed by atoms with Gasteiger partial charge in [-0.1, -0.05) is 12.1 Å². The summed E-state index contributed by atoms with van der Waals surface area (Å²) >= 11 is 0. The van der Waals surface area contributed by atoms with Gasteiger partial charge in [0.1, 0.15) is 11.6 Å². The van der Waals surface area contributed by atoms with Crippen molar-refractivity contribution in [2.45, 2.75) is 0 Å². The van der Waals surface area contributed by atoms with Crippen LogP contribution in [0.25, 0.3) is 0 Å². The van der Waals surface area contributed by atoms with Crippen molar-refractivity contribution in [3.63, 3.8) is 0 Å². The van der Waals surface area contributed by atoms with E-state index in [1.54, 1.807) is 19.2 Å². The lowest BCUT2D eigenvalue weighted by Gasteiger charge is -2.22. The summed E-state index contributed by atoms with van der Waals surface area (Å²) in [5, 5.41) is 8.58. The minimum atomic E-state index is -0.272. The lowest BCUT2D eigenvalue weighted by molar-refractivity contribution is 0.415. The summed E-state index contributed by atoms with van der Waals surface area (Å²) in [6.45, 7) is 0. The van der Waals surface area contributed by atoms with Gasteiger partial charge in [0, 0.05) is 26.8 Å². The van der Waals surface area contributed by atoms with Crippen LogP contribution in [0.15, 0.2) is 48.5 Å². The minimum absolute atomic E-state index is 0. The largest absolute Gasteiger partial charge is 0.495 e. The van der Waals surface area contributed by atoms with Gasteiger partial charge >= 0.3 is 0 Å². The quantitative estimate of drug-likeness (QED) is 0.674. The maximum Gasteiger partial charge on any atom is 0.232 e. The molecule has 1 aromatic heterocycles. The first kappa shape index (κ1) is 19.5. The Hall–Kier alpha value is -2.80. The second kappa shape index (κ2) is 8.05. The molecule has 2 aromatic carbocycles. The van der Waals surface area contributed by atoms with Crippen LogP contribution in [0, 0.1) is 5.82 Å². The fraction of sp³-hybridized carbons (Fsp3) is 0.222. The Morgan fingerprint density at radius 2 is 1.50 bits per heavy atom. The molecule has 0 radical (unpaired) electrons. The molecule has 0 atom stereocenters. The molecule has 8 heteroatoms. The monoisotopic (exact) mass is 377 g/mol. The molecular formula is C18H21ClFN5O. The lowest BCUT2D eigenvalue weighted by atomic mass is 10.3. The average molecular weight is 378 g/mol. The number of ether oxygens (including phenoxy) is 1. The van der Waals surface area contributed by atoms with Gasteiger partial charge < -0.3 is 14.5 Å². The zero-order valence-electron chi connectivity index (χ0n) is 15.0. The Kier molecular flexibility index (Phi) is 6.05. The molecule has 0 bridgehead atoms. The van der Waals surface area contributed by atoms with Gasteiger partial charge in [-0.25, -0.2) is 4.39 Å². The van der Waals surface area contributed by atoms with Gasteiger partial charge in [-0.3, -0.25) is 4.57 Å². The fourth-order valence-corrected chi connectivity index (χ4v) is 2.69. The van der Waals surface area contributed by atoms with Crippen LogP contribution in [0.3, 0.4) is 0 Å². The van der Waals surface area contributed by atoms with E-state index < -0.39 is 0 Å². The smallest absolute Gasteiger partial charge is 0.232 e. The summed E-state index contributed by atoms with van der Waals surface area (Å²) in [6, 6.07) is 14.0. The number of hydrogen-bond acceptors (Lipinski definition) is 5. The number of aromatic nitrogens is 3. The van der Waals surface area contributed by atoms with Crippen LogP contribution in [0.1, 0.15) is 0 Å². The van der Waals surface area contributed by atoms with Gasteiger partial charge in [-0.15, -0.1) is 22.6 Å². The molecule has 0 saturated heterocycles. The molecule has 1 heterocycles. The Bertz CT molecular complexity index is 868. The summed E-state index contributed by atoms with van der Waals surface area (Å²) in [5.41, 5.74) is 1.71. The van der Waals surface area contributed by atoms with Crippen molar-refractivity contribution in [3.8, 4) is 5.75 Å². The van der Waals surface area contributed by atoms with E-state index in [-0.39, 0.29) is 18.2 Å². The topological polar surface area (TPSA) is 46.4 Å². The predicted molar refractivity (Wildman–Crippen MR) is 104 cm³/mol. The van der Waals surface area contributed by atoms with Crippen molar-refractivity contribution in [2.75, 3.05) is 31.0 Å². The molecular weight excluding hydrogens is 357 g/mol. The first-order chi connectivity index (χ1) is 12.0. The summed E-state index contributed by atoms with van der Waals surface area (Å²) in [6.07, 6.45) is 0. The number of anilines is 4. The maximum atomic E-state index is 13.1. The molecule has 0 aliphatic rings. The van der Waals surface area contributed by atoms with E-state index >= 15 is 0 Å². The molecule has 0 fully saturated rings. The Morgan fingerprint density at radius 1 is 0.923 bits per heavy atom. The molecule has 3 aromatic rings.